The number of carbonyl (C=O) groups excluding carboxylic acids is 2. The summed E-state index contributed by atoms with van der Waals surface area (Å²) in [4.78, 5) is 33.5. The molecule has 0 N–H and O–H groups in total. The van der Waals surface area contributed by atoms with E-state index in [0.717, 1.165) is 13.0 Å². The molecule has 32 heavy (non-hydrogen) atoms. The molecule has 2 aromatic rings. The molecule has 0 aliphatic carbocycles. The van der Waals surface area contributed by atoms with E-state index in [1.807, 2.05) is 35.0 Å². The van der Waals surface area contributed by atoms with Crippen LogP contribution in [0.15, 0.2) is 35.7 Å². The van der Waals surface area contributed by atoms with Crippen molar-refractivity contribution in [2.24, 2.45) is 5.41 Å². The molecule has 1 saturated heterocycles. The molecule has 2 aliphatic heterocycles. The highest BCUT2D eigenvalue weighted by molar-refractivity contribution is 7.10. The fourth-order valence-electron chi connectivity index (χ4n) is 4.71. The standard InChI is InChI=1S/C25H32ClN3O2S/c1-18-6-4-5-7-19(18)23-20-9-15-32-21(20)8-10-29(23)16-22(30)27-11-13-28(14-12-27)24(31)25(2,3)17-26/h4-7,9,15,23H,8,10-14,16-17H2,1-3H3. The van der Waals surface area contributed by atoms with Gasteiger partial charge >= 0.3 is 0 Å². The Balaban J connectivity index is 1.45. The number of benzene rings is 1. The van der Waals surface area contributed by atoms with Crippen LogP contribution in [0.5, 0.6) is 0 Å². The lowest BCUT2D eigenvalue weighted by atomic mass is 9.90. The Morgan fingerprint density at radius 2 is 1.72 bits per heavy atom. The highest BCUT2D eigenvalue weighted by Crippen LogP contribution is 2.38. The second-order valence-corrected chi connectivity index (χ2v) is 10.7. The second kappa shape index (κ2) is 9.54. The van der Waals surface area contributed by atoms with Crippen molar-refractivity contribution >= 4 is 34.8 Å². The molecule has 0 bridgehead atoms. The van der Waals surface area contributed by atoms with Gasteiger partial charge in [-0.2, -0.15) is 0 Å². The Labute approximate surface area is 199 Å². The molecule has 0 spiro atoms. The summed E-state index contributed by atoms with van der Waals surface area (Å²) in [5.41, 5.74) is 3.30. The van der Waals surface area contributed by atoms with E-state index < -0.39 is 5.41 Å². The van der Waals surface area contributed by atoms with E-state index in [-0.39, 0.29) is 17.9 Å². The van der Waals surface area contributed by atoms with Gasteiger partial charge < -0.3 is 9.80 Å². The van der Waals surface area contributed by atoms with Gasteiger partial charge in [-0.1, -0.05) is 24.3 Å². The summed E-state index contributed by atoms with van der Waals surface area (Å²) in [6.45, 7) is 9.47. The molecular formula is C25H32ClN3O2S. The number of amides is 2. The predicted molar refractivity (Wildman–Crippen MR) is 130 cm³/mol. The molecular weight excluding hydrogens is 442 g/mol. The summed E-state index contributed by atoms with van der Waals surface area (Å²) >= 11 is 7.80. The zero-order chi connectivity index (χ0) is 22.9. The highest BCUT2D eigenvalue weighted by atomic mass is 35.5. The summed E-state index contributed by atoms with van der Waals surface area (Å²) in [6.07, 6.45) is 0.985. The molecule has 0 saturated carbocycles. The lowest BCUT2D eigenvalue weighted by molar-refractivity contribution is -0.145. The summed E-state index contributed by atoms with van der Waals surface area (Å²) in [6, 6.07) is 10.8. The molecule has 3 heterocycles. The monoisotopic (exact) mass is 473 g/mol. The van der Waals surface area contributed by atoms with E-state index >= 15 is 0 Å². The van der Waals surface area contributed by atoms with E-state index in [4.69, 9.17) is 11.6 Å². The largest absolute Gasteiger partial charge is 0.339 e. The van der Waals surface area contributed by atoms with E-state index in [0.29, 0.717) is 38.6 Å². The first-order chi connectivity index (χ1) is 15.3. The number of piperazine rings is 1. The van der Waals surface area contributed by atoms with Gasteiger partial charge in [-0.05, 0) is 55.3 Å². The summed E-state index contributed by atoms with van der Waals surface area (Å²) in [5.74, 6) is 0.511. The van der Waals surface area contributed by atoms with Crippen LogP contribution in [0.25, 0.3) is 0 Å². The van der Waals surface area contributed by atoms with Gasteiger partial charge in [-0.15, -0.1) is 22.9 Å². The molecule has 4 rings (SSSR count). The van der Waals surface area contributed by atoms with E-state index in [1.54, 1.807) is 0 Å². The molecule has 2 aliphatic rings. The Bertz CT molecular complexity index is 981. The maximum atomic E-state index is 13.3. The number of halogens is 1. The van der Waals surface area contributed by atoms with Gasteiger partial charge in [-0.25, -0.2) is 0 Å². The number of hydrogen-bond donors (Lipinski definition) is 0. The maximum absolute atomic E-state index is 13.3. The number of carbonyl (C=O) groups is 2. The number of nitrogens with zero attached hydrogens (tertiary/aromatic N) is 3. The van der Waals surface area contributed by atoms with Crippen LogP contribution in [0.2, 0.25) is 0 Å². The number of thiophene rings is 1. The van der Waals surface area contributed by atoms with Gasteiger partial charge in [0.15, 0.2) is 0 Å². The highest BCUT2D eigenvalue weighted by Gasteiger charge is 2.35. The minimum absolute atomic E-state index is 0.0697. The molecule has 1 aromatic carbocycles. The maximum Gasteiger partial charge on any atom is 0.236 e. The normalized spacial score (nSPS) is 19.7. The minimum Gasteiger partial charge on any atom is -0.339 e. The van der Waals surface area contributed by atoms with Crippen LogP contribution in [0.4, 0.5) is 0 Å². The van der Waals surface area contributed by atoms with Gasteiger partial charge in [0, 0.05) is 43.5 Å². The van der Waals surface area contributed by atoms with Crippen molar-refractivity contribution in [3.63, 3.8) is 0 Å². The average Bonchev–Trinajstić information content (AvgIpc) is 3.28. The number of fused-ring (bicyclic) bond motifs is 1. The van der Waals surface area contributed by atoms with Crippen molar-refractivity contribution in [1.82, 2.24) is 14.7 Å². The number of alkyl halides is 1. The quantitative estimate of drug-likeness (QED) is 0.618. The van der Waals surface area contributed by atoms with Crippen molar-refractivity contribution in [2.45, 2.75) is 33.2 Å². The van der Waals surface area contributed by atoms with Crippen LogP contribution in [0, 0.1) is 12.3 Å². The first kappa shape index (κ1) is 23.3. The molecule has 172 valence electrons. The molecule has 1 aromatic heterocycles. The average molecular weight is 474 g/mol. The fourth-order valence-corrected chi connectivity index (χ4v) is 5.73. The van der Waals surface area contributed by atoms with Gasteiger partial charge in [0.1, 0.15) is 0 Å². The van der Waals surface area contributed by atoms with E-state index in [2.05, 4.69) is 47.5 Å². The Hall–Kier alpha value is -1.89. The van der Waals surface area contributed by atoms with Crippen molar-refractivity contribution in [2.75, 3.05) is 45.1 Å². The van der Waals surface area contributed by atoms with Crippen LogP contribution in [0.1, 0.15) is 41.5 Å². The third kappa shape index (κ3) is 4.59. The minimum atomic E-state index is -0.569. The molecule has 5 nitrogen and oxygen atoms in total. The van der Waals surface area contributed by atoms with Gasteiger partial charge in [0.25, 0.3) is 0 Å². The van der Waals surface area contributed by atoms with Crippen LogP contribution < -0.4 is 0 Å². The fraction of sp³-hybridized carbons (Fsp3) is 0.520. The van der Waals surface area contributed by atoms with Crippen LogP contribution >= 0.6 is 22.9 Å². The van der Waals surface area contributed by atoms with Crippen LogP contribution in [-0.2, 0) is 16.0 Å². The SMILES string of the molecule is Cc1ccccc1C1c2ccsc2CCN1CC(=O)N1CCN(C(=O)C(C)(C)CCl)CC1. The first-order valence-electron chi connectivity index (χ1n) is 11.3. The number of hydrogen-bond acceptors (Lipinski definition) is 4. The lowest BCUT2D eigenvalue weighted by Crippen LogP contribution is -2.55. The van der Waals surface area contributed by atoms with Crippen LogP contribution in [0.3, 0.4) is 0 Å². The van der Waals surface area contributed by atoms with Crippen molar-refractivity contribution in [3.8, 4) is 0 Å². The molecule has 7 heteroatoms. The van der Waals surface area contributed by atoms with Crippen molar-refractivity contribution in [3.05, 3.63) is 57.3 Å². The van der Waals surface area contributed by atoms with Crippen LogP contribution in [-0.4, -0.2) is 71.7 Å². The van der Waals surface area contributed by atoms with Gasteiger partial charge in [0.2, 0.25) is 11.8 Å². The zero-order valence-electron chi connectivity index (χ0n) is 19.1. The zero-order valence-corrected chi connectivity index (χ0v) is 20.7. The first-order valence-corrected chi connectivity index (χ1v) is 12.7. The lowest BCUT2D eigenvalue weighted by Gasteiger charge is -2.40. The predicted octanol–water partition coefficient (Wildman–Crippen LogP) is 3.94. The van der Waals surface area contributed by atoms with Gasteiger partial charge in [-0.3, -0.25) is 14.5 Å². The molecule has 2 amide bonds. The summed E-state index contributed by atoms with van der Waals surface area (Å²) in [5, 5.41) is 2.17. The summed E-state index contributed by atoms with van der Waals surface area (Å²) in [7, 11) is 0. The molecule has 0 radical (unpaired) electrons. The third-order valence-electron chi connectivity index (χ3n) is 6.72. The Kier molecular flexibility index (Phi) is 6.94. The van der Waals surface area contributed by atoms with Crippen molar-refractivity contribution in [1.29, 1.82) is 0 Å². The molecule has 1 unspecified atom stereocenters. The smallest absolute Gasteiger partial charge is 0.236 e. The van der Waals surface area contributed by atoms with Gasteiger partial charge in [0.05, 0.1) is 18.0 Å². The Morgan fingerprint density at radius 3 is 2.41 bits per heavy atom. The topological polar surface area (TPSA) is 43.9 Å². The summed E-state index contributed by atoms with van der Waals surface area (Å²) < 4.78 is 0. The second-order valence-electron chi connectivity index (χ2n) is 9.47. The Morgan fingerprint density at radius 1 is 1.03 bits per heavy atom. The molecule has 1 atom stereocenters. The number of aryl methyl sites for hydroxylation is 1. The molecule has 1 fully saturated rings. The van der Waals surface area contributed by atoms with E-state index in [9.17, 15) is 9.59 Å². The van der Waals surface area contributed by atoms with Crippen molar-refractivity contribution < 1.29 is 9.59 Å². The third-order valence-corrected chi connectivity index (χ3v) is 8.38. The van der Waals surface area contributed by atoms with E-state index in [1.165, 1.54) is 21.6 Å². The number of rotatable bonds is 5.